The molecule has 0 bridgehead atoms. The van der Waals surface area contributed by atoms with E-state index in [4.69, 9.17) is 16.7 Å². The van der Waals surface area contributed by atoms with Crippen molar-refractivity contribution in [3.63, 3.8) is 0 Å². The minimum atomic E-state index is -1.10. The maximum atomic E-state index is 13.3. The van der Waals surface area contributed by atoms with E-state index in [-0.39, 0.29) is 16.4 Å². The van der Waals surface area contributed by atoms with Crippen LogP contribution in [0.2, 0.25) is 5.02 Å². The van der Waals surface area contributed by atoms with Gasteiger partial charge in [0, 0.05) is 5.56 Å². The van der Waals surface area contributed by atoms with Gasteiger partial charge in [-0.05, 0) is 29.5 Å². The number of nitrogens with zero attached hydrogens (tertiary/aromatic N) is 4. The lowest BCUT2D eigenvalue weighted by atomic mass is 10.2. The summed E-state index contributed by atoms with van der Waals surface area (Å²) in [6.45, 7) is 1.41. The van der Waals surface area contributed by atoms with Crippen LogP contribution in [-0.2, 0) is 4.79 Å². The lowest BCUT2D eigenvalue weighted by molar-refractivity contribution is -0.140. The summed E-state index contributed by atoms with van der Waals surface area (Å²) in [4.78, 5) is 10.9. The van der Waals surface area contributed by atoms with Crippen molar-refractivity contribution < 1.29 is 14.3 Å². The van der Waals surface area contributed by atoms with Crippen LogP contribution in [0.25, 0.3) is 11.4 Å². The van der Waals surface area contributed by atoms with Crippen LogP contribution in [-0.4, -0.2) is 31.3 Å². The van der Waals surface area contributed by atoms with Crippen molar-refractivity contribution in [1.29, 1.82) is 0 Å². The molecule has 0 aliphatic carbocycles. The third-order valence-electron chi connectivity index (χ3n) is 2.41. The van der Waals surface area contributed by atoms with Crippen molar-refractivity contribution in [2.75, 3.05) is 0 Å². The predicted octanol–water partition coefficient (Wildman–Crippen LogP) is 1.78. The van der Waals surface area contributed by atoms with Crippen LogP contribution in [0.5, 0.6) is 0 Å². The summed E-state index contributed by atoms with van der Waals surface area (Å²) < 4.78 is 14.4. The van der Waals surface area contributed by atoms with E-state index in [2.05, 4.69) is 15.5 Å². The molecule has 94 valence electrons. The van der Waals surface area contributed by atoms with Gasteiger partial charge in [0.25, 0.3) is 0 Å². The van der Waals surface area contributed by atoms with Gasteiger partial charge in [0.05, 0.1) is 5.02 Å². The van der Waals surface area contributed by atoms with E-state index in [9.17, 15) is 9.18 Å². The van der Waals surface area contributed by atoms with Gasteiger partial charge in [0.15, 0.2) is 11.9 Å². The fourth-order valence-corrected chi connectivity index (χ4v) is 1.62. The Hall–Kier alpha value is -2.02. The second-order valence-corrected chi connectivity index (χ2v) is 3.94. The Balaban J connectivity index is 2.56. The van der Waals surface area contributed by atoms with E-state index >= 15 is 0 Å². The molecule has 1 aromatic carbocycles. The van der Waals surface area contributed by atoms with Crippen molar-refractivity contribution >= 4 is 17.6 Å². The molecular formula is C10H8ClFN4O2. The summed E-state index contributed by atoms with van der Waals surface area (Å²) >= 11 is 5.81. The number of rotatable bonds is 3. The highest BCUT2D eigenvalue weighted by Crippen LogP contribution is 2.29. The van der Waals surface area contributed by atoms with Gasteiger partial charge in [-0.25, -0.2) is 13.9 Å². The molecule has 0 saturated heterocycles. The molecule has 6 nitrogen and oxygen atoms in total. The van der Waals surface area contributed by atoms with E-state index < -0.39 is 17.8 Å². The van der Waals surface area contributed by atoms with Crippen LogP contribution >= 0.6 is 11.6 Å². The summed E-state index contributed by atoms with van der Waals surface area (Å²) in [7, 11) is 0. The van der Waals surface area contributed by atoms with Crippen LogP contribution in [0.1, 0.15) is 13.0 Å². The number of aromatic nitrogens is 4. The minimum Gasteiger partial charge on any atom is -0.480 e. The molecule has 0 aliphatic rings. The van der Waals surface area contributed by atoms with E-state index in [0.29, 0.717) is 0 Å². The highest BCUT2D eigenvalue weighted by atomic mass is 35.5. The van der Waals surface area contributed by atoms with E-state index in [1.807, 2.05) is 0 Å². The first-order valence-corrected chi connectivity index (χ1v) is 5.35. The average Bonchev–Trinajstić information content (AvgIpc) is 2.80. The molecule has 1 atom stereocenters. The SMILES string of the molecule is CC(C(=O)O)n1nnnc1-c1cccc(F)c1Cl. The average molecular weight is 271 g/mol. The molecule has 1 heterocycles. The number of hydrogen-bond donors (Lipinski definition) is 1. The minimum absolute atomic E-state index is 0.106. The largest absolute Gasteiger partial charge is 0.480 e. The van der Waals surface area contributed by atoms with Crippen LogP contribution in [0, 0.1) is 5.82 Å². The highest BCUT2D eigenvalue weighted by molar-refractivity contribution is 6.33. The number of benzene rings is 1. The fraction of sp³-hybridized carbons (Fsp3) is 0.200. The van der Waals surface area contributed by atoms with Gasteiger partial charge in [-0.2, -0.15) is 0 Å². The second kappa shape index (κ2) is 4.69. The van der Waals surface area contributed by atoms with Gasteiger partial charge in [-0.1, -0.05) is 17.7 Å². The first-order chi connectivity index (χ1) is 8.52. The zero-order valence-corrected chi connectivity index (χ0v) is 9.97. The molecule has 0 amide bonds. The van der Waals surface area contributed by atoms with Gasteiger partial charge < -0.3 is 5.11 Å². The smallest absolute Gasteiger partial charge is 0.328 e. The maximum absolute atomic E-state index is 13.3. The van der Waals surface area contributed by atoms with Crippen LogP contribution in [0.3, 0.4) is 0 Å². The molecule has 1 aromatic heterocycles. The molecule has 0 aliphatic heterocycles. The molecule has 0 saturated carbocycles. The molecule has 1 unspecified atom stereocenters. The third kappa shape index (κ3) is 2.04. The number of halogens is 2. The normalized spacial score (nSPS) is 12.4. The molecule has 2 aromatic rings. The number of tetrazole rings is 1. The Morgan fingerprint density at radius 2 is 2.28 bits per heavy atom. The standard InChI is InChI=1S/C10H8ClFN4O2/c1-5(10(17)18)16-9(13-14-15-16)6-3-2-4-7(12)8(6)11/h2-5H,1H3,(H,17,18). The van der Waals surface area contributed by atoms with E-state index in [1.54, 1.807) is 0 Å². The number of hydrogen-bond acceptors (Lipinski definition) is 4. The zero-order chi connectivity index (χ0) is 13.3. The monoisotopic (exact) mass is 270 g/mol. The van der Waals surface area contributed by atoms with Crippen molar-refractivity contribution in [3.05, 3.63) is 29.0 Å². The Morgan fingerprint density at radius 3 is 2.94 bits per heavy atom. The van der Waals surface area contributed by atoms with E-state index in [0.717, 1.165) is 4.68 Å². The van der Waals surface area contributed by atoms with Crippen LogP contribution in [0.15, 0.2) is 18.2 Å². The van der Waals surface area contributed by atoms with Gasteiger partial charge >= 0.3 is 5.97 Å². The molecular weight excluding hydrogens is 263 g/mol. The van der Waals surface area contributed by atoms with Crippen molar-refractivity contribution in [2.24, 2.45) is 0 Å². The van der Waals surface area contributed by atoms with Crippen molar-refractivity contribution in [1.82, 2.24) is 20.2 Å². The summed E-state index contributed by atoms with van der Waals surface area (Å²) in [6, 6.07) is 3.18. The molecule has 0 spiro atoms. The molecule has 0 fully saturated rings. The summed E-state index contributed by atoms with van der Waals surface area (Å²) in [5.74, 6) is -1.61. The third-order valence-corrected chi connectivity index (χ3v) is 2.79. The zero-order valence-electron chi connectivity index (χ0n) is 9.21. The first-order valence-electron chi connectivity index (χ1n) is 4.97. The van der Waals surface area contributed by atoms with Crippen LogP contribution in [0.4, 0.5) is 4.39 Å². The fourth-order valence-electron chi connectivity index (χ4n) is 1.41. The van der Waals surface area contributed by atoms with Gasteiger partial charge in [0.2, 0.25) is 0 Å². The first kappa shape index (κ1) is 12.4. The maximum Gasteiger partial charge on any atom is 0.328 e. The Bertz CT molecular complexity index is 601. The second-order valence-electron chi connectivity index (χ2n) is 3.56. The molecule has 2 rings (SSSR count). The molecule has 8 heteroatoms. The lowest BCUT2D eigenvalue weighted by Gasteiger charge is -2.09. The lowest BCUT2D eigenvalue weighted by Crippen LogP contribution is -2.18. The van der Waals surface area contributed by atoms with Gasteiger partial charge in [0.1, 0.15) is 5.82 Å². The van der Waals surface area contributed by atoms with Crippen LogP contribution < -0.4 is 0 Å². The predicted molar refractivity (Wildman–Crippen MR) is 60.6 cm³/mol. The van der Waals surface area contributed by atoms with Gasteiger partial charge in [-0.15, -0.1) is 5.10 Å². The molecule has 1 N–H and O–H groups in total. The number of carboxylic acid groups (broad SMARTS) is 1. The number of carbonyl (C=O) groups is 1. The Kier molecular flexibility index (Phi) is 3.24. The number of carboxylic acids is 1. The topological polar surface area (TPSA) is 80.9 Å². The molecule has 18 heavy (non-hydrogen) atoms. The van der Waals surface area contributed by atoms with Gasteiger partial charge in [-0.3, -0.25) is 0 Å². The summed E-state index contributed by atoms with van der Waals surface area (Å²) in [5.41, 5.74) is 0.245. The van der Waals surface area contributed by atoms with E-state index in [1.165, 1.54) is 25.1 Å². The van der Waals surface area contributed by atoms with Crippen molar-refractivity contribution in [3.8, 4) is 11.4 Å². The summed E-state index contributed by atoms with van der Waals surface area (Å²) in [6.07, 6.45) is 0. The highest BCUT2D eigenvalue weighted by Gasteiger charge is 2.22. The molecule has 0 radical (unpaired) electrons. The quantitative estimate of drug-likeness (QED) is 0.919. The Labute approximate surface area is 106 Å². The Morgan fingerprint density at radius 1 is 1.56 bits per heavy atom. The van der Waals surface area contributed by atoms with Crippen molar-refractivity contribution in [2.45, 2.75) is 13.0 Å². The number of aliphatic carboxylic acids is 1. The summed E-state index contributed by atoms with van der Waals surface area (Å²) in [5, 5.41) is 19.4.